The van der Waals surface area contributed by atoms with Crippen LogP contribution in [0.2, 0.25) is 0 Å². The number of hydrogen-bond donors (Lipinski definition) is 0. The van der Waals surface area contributed by atoms with Crippen LogP contribution < -0.4 is 0 Å². The summed E-state index contributed by atoms with van der Waals surface area (Å²) in [7, 11) is 0. The van der Waals surface area contributed by atoms with Gasteiger partial charge in [0.05, 0.1) is 12.1 Å². The van der Waals surface area contributed by atoms with Gasteiger partial charge < -0.3 is 0 Å². The van der Waals surface area contributed by atoms with E-state index in [1.165, 1.54) is 5.56 Å². The Bertz CT molecular complexity index is 471. The SMILES string of the molecule is O=C1C2CN3CN(C2)CC1(Cc1ccccc1)C3. The summed E-state index contributed by atoms with van der Waals surface area (Å²) in [6, 6.07) is 10.5. The molecule has 0 N–H and O–H groups in total. The van der Waals surface area contributed by atoms with Gasteiger partial charge in [-0.1, -0.05) is 30.3 Å². The second-order valence-corrected chi connectivity index (χ2v) is 6.17. The number of hydrogen-bond acceptors (Lipinski definition) is 3. The number of carbonyl (C=O) groups excluding carboxylic acids is 1. The van der Waals surface area contributed by atoms with Gasteiger partial charge in [-0.2, -0.15) is 0 Å². The monoisotopic (exact) mass is 242 g/mol. The van der Waals surface area contributed by atoms with Crippen molar-refractivity contribution >= 4 is 5.78 Å². The second kappa shape index (κ2) is 3.65. The van der Waals surface area contributed by atoms with Crippen LogP contribution in [0.15, 0.2) is 30.3 Å². The molecule has 4 fully saturated rings. The van der Waals surface area contributed by atoms with Gasteiger partial charge in [-0.3, -0.25) is 14.6 Å². The van der Waals surface area contributed by atoms with Crippen LogP contribution in [0.4, 0.5) is 0 Å². The Morgan fingerprint density at radius 3 is 2.44 bits per heavy atom. The molecule has 4 aliphatic rings. The highest BCUT2D eigenvalue weighted by Gasteiger charge is 2.55. The second-order valence-electron chi connectivity index (χ2n) is 6.17. The summed E-state index contributed by atoms with van der Waals surface area (Å²) >= 11 is 0. The predicted molar refractivity (Wildman–Crippen MR) is 69.1 cm³/mol. The van der Waals surface area contributed by atoms with Gasteiger partial charge in [0.2, 0.25) is 0 Å². The largest absolute Gasteiger partial charge is 0.299 e. The number of Topliss-reactive ketones (excluding diaryl/α,β-unsaturated/α-hetero) is 1. The van der Waals surface area contributed by atoms with E-state index in [9.17, 15) is 4.79 Å². The molecular formula is C15H18N2O. The minimum Gasteiger partial charge on any atom is -0.299 e. The van der Waals surface area contributed by atoms with E-state index in [1.807, 2.05) is 6.07 Å². The summed E-state index contributed by atoms with van der Waals surface area (Å²) in [4.78, 5) is 17.6. The molecule has 4 saturated heterocycles. The van der Waals surface area contributed by atoms with E-state index in [-0.39, 0.29) is 11.3 Å². The molecule has 0 amide bonds. The molecule has 4 bridgehead atoms. The minimum absolute atomic E-state index is 0.124. The Morgan fingerprint density at radius 1 is 1.11 bits per heavy atom. The van der Waals surface area contributed by atoms with Crippen LogP contribution in [0.1, 0.15) is 5.56 Å². The lowest BCUT2D eigenvalue weighted by Gasteiger charge is -2.58. The first kappa shape index (κ1) is 10.7. The van der Waals surface area contributed by atoms with Crippen molar-refractivity contribution in [3.8, 4) is 0 Å². The molecule has 1 aromatic rings. The number of nitrogens with zero attached hydrogens (tertiary/aromatic N) is 2. The van der Waals surface area contributed by atoms with Gasteiger partial charge in [0.25, 0.3) is 0 Å². The molecule has 0 spiro atoms. The molecule has 3 heteroatoms. The van der Waals surface area contributed by atoms with Gasteiger partial charge in [-0.05, 0) is 12.0 Å². The predicted octanol–water partition coefficient (Wildman–Crippen LogP) is 1.00. The van der Waals surface area contributed by atoms with Crippen LogP contribution in [0.5, 0.6) is 0 Å². The number of benzene rings is 1. The van der Waals surface area contributed by atoms with Gasteiger partial charge in [0.15, 0.2) is 0 Å². The van der Waals surface area contributed by atoms with Crippen molar-refractivity contribution in [1.82, 2.24) is 9.80 Å². The molecule has 1 aromatic carbocycles. The first-order valence-corrected chi connectivity index (χ1v) is 6.78. The number of piperidine rings is 2. The quantitative estimate of drug-likeness (QED) is 0.773. The molecule has 0 aliphatic carbocycles. The molecule has 4 heterocycles. The van der Waals surface area contributed by atoms with Crippen molar-refractivity contribution in [3.63, 3.8) is 0 Å². The molecule has 18 heavy (non-hydrogen) atoms. The van der Waals surface area contributed by atoms with Crippen molar-refractivity contribution < 1.29 is 4.79 Å². The van der Waals surface area contributed by atoms with Crippen LogP contribution in [0, 0.1) is 11.3 Å². The van der Waals surface area contributed by atoms with Gasteiger partial charge in [0, 0.05) is 32.1 Å². The zero-order chi connectivity index (χ0) is 12.2. The Balaban J connectivity index is 1.68. The minimum atomic E-state index is -0.124. The van der Waals surface area contributed by atoms with Crippen LogP contribution in [-0.4, -0.2) is 48.4 Å². The number of ketones is 1. The Labute approximate surface area is 107 Å². The zero-order valence-electron chi connectivity index (χ0n) is 10.5. The summed E-state index contributed by atoms with van der Waals surface area (Å²) in [6.45, 7) is 4.99. The van der Waals surface area contributed by atoms with E-state index >= 15 is 0 Å². The van der Waals surface area contributed by atoms with Crippen molar-refractivity contribution in [2.45, 2.75) is 6.42 Å². The van der Waals surface area contributed by atoms with E-state index in [2.05, 4.69) is 34.1 Å². The molecule has 0 aromatic heterocycles. The molecule has 2 atom stereocenters. The topological polar surface area (TPSA) is 23.6 Å². The van der Waals surface area contributed by atoms with Crippen LogP contribution >= 0.6 is 0 Å². The molecule has 3 nitrogen and oxygen atoms in total. The van der Waals surface area contributed by atoms with E-state index in [1.54, 1.807) is 0 Å². The van der Waals surface area contributed by atoms with E-state index in [0.717, 1.165) is 39.3 Å². The highest BCUT2D eigenvalue weighted by Crippen LogP contribution is 2.41. The molecule has 0 radical (unpaired) electrons. The van der Waals surface area contributed by atoms with Crippen LogP contribution in [0.3, 0.4) is 0 Å². The third-order valence-electron chi connectivity index (χ3n) is 4.69. The van der Waals surface area contributed by atoms with E-state index < -0.39 is 0 Å². The van der Waals surface area contributed by atoms with Crippen molar-refractivity contribution in [2.75, 3.05) is 32.8 Å². The summed E-state index contributed by atoms with van der Waals surface area (Å²) in [6.07, 6.45) is 0.913. The van der Waals surface area contributed by atoms with Gasteiger partial charge in [-0.15, -0.1) is 0 Å². The molecule has 94 valence electrons. The van der Waals surface area contributed by atoms with Crippen LogP contribution in [-0.2, 0) is 11.2 Å². The van der Waals surface area contributed by atoms with Gasteiger partial charge >= 0.3 is 0 Å². The summed E-state index contributed by atoms with van der Waals surface area (Å²) < 4.78 is 0. The molecule has 0 saturated carbocycles. The summed E-state index contributed by atoms with van der Waals surface area (Å²) in [5, 5.41) is 0. The first-order valence-electron chi connectivity index (χ1n) is 6.78. The normalized spacial score (nSPS) is 41.3. The zero-order valence-corrected chi connectivity index (χ0v) is 10.5. The number of rotatable bonds is 2. The summed E-state index contributed by atoms with van der Waals surface area (Å²) in [5.74, 6) is 0.795. The highest BCUT2D eigenvalue weighted by atomic mass is 16.1. The average Bonchev–Trinajstić information content (AvgIpc) is 2.36. The molecule has 5 rings (SSSR count). The Kier molecular flexibility index (Phi) is 2.17. The Morgan fingerprint density at radius 2 is 1.78 bits per heavy atom. The number of carbonyl (C=O) groups is 1. The average molecular weight is 242 g/mol. The van der Waals surface area contributed by atoms with Crippen molar-refractivity contribution in [3.05, 3.63) is 35.9 Å². The molecule has 2 unspecified atom stereocenters. The van der Waals surface area contributed by atoms with Crippen molar-refractivity contribution in [2.24, 2.45) is 11.3 Å². The lowest BCUT2D eigenvalue weighted by molar-refractivity contribution is -0.165. The van der Waals surface area contributed by atoms with E-state index in [4.69, 9.17) is 0 Å². The van der Waals surface area contributed by atoms with E-state index in [0.29, 0.717) is 5.78 Å². The maximum absolute atomic E-state index is 12.6. The van der Waals surface area contributed by atoms with Crippen molar-refractivity contribution in [1.29, 1.82) is 0 Å². The first-order chi connectivity index (χ1) is 8.75. The third-order valence-corrected chi connectivity index (χ3v) is 4.69. The lowest BCUT2D eigenvalue weighted by atomic mass is 9.66. The fourth-order valence-corrected chi connectivity index (χ4v) is 4.15. The standard InChI is InChI=1S/C15H18N2O/c18-14-13-7-16-9-15(14,10-17(8-13)11-16)6-12-4-2-1-3-5-12/h1-5,13H,6-11H2. The van der Waals surface area contributed by atoms with Gasteiger partial charge in [-0.25, -0.2) is 0 Å². The molecule has 4 aliphatic heterocycles. The summed E-state index contributed by atoms with van der Waals surface area (Å²) in [5.41, 5.74) is 1.18. The third kappa shape index (κ3) is 1.47. The lowest BCUT2D eigenvalue weighted by Crippen LogP contribution is -2.72. The highest BCUT2D eigenvalue weighted by molar-refractivity contribution is 5.90. The maximum Gasteiger partial charge on any atom is 0.147 e. The molecular weight excluding hydrogens is 224 g/mol. The van der Waals surface area contributed by atoms with Crippen LogP contribution in [0.25, 0.3) is 0 Å². The smallest absolute Gasteiger partial charge is 0.147 e. The van der Waals surface area contributed by atoms with Gasteiger partial charge in [0.1, 0.15) is 5.78 Å². The maximum atomic E-state index is 12.6. The Hall–Kier alpha value is -1.19. The fourth-order valence-electron chi connectivity index (χ4n) is 4.15. The fraction of sp³-hybridized carbons (Fsp3) is 0.533.